The Kier molecular flexibility index (Phi) is 9.06. The number of carbonyl (C=O) groups is 2. The van der Waals surface area contributed by atoms with Gasteiger partial charge in [-0.1, -0.05) is 40.0 Å². The van der Waals surface area contributed by atoms with E-state index in [4.69, 9.17) is 14.2 Å². The van der Waals surface area contributed by atoms with Crippen molar-refractivity contribution >= 4 is 11.8 Å². The molecule has 0 radical (unpaired) electrons. The molecule has 0 aromatic rings. The number of rotatable bonds is 10. The van der Waals surface area contributed by atoms with Crippen LogP contribution in [0.15, 0.2) is 0 Å². The molecule has 5 nitrogen and oxygen atoms in total. The van der Waals surface area contributed by atoms with Gasteiger partial charge in [0.1, 0.15) is 12.0 Å². The Balaban J connectivity index is 1.86. The van der Waals surface area contributed by atoms with Crippen molar-refractivity contribution in [1.29, 1.82) is 0 Å². The molecule has 2 heterocycles. The molecule has 5 atom stereocenters. The van der Waals surface area contributed by atoms with Crippen molar-refractivity contribution in [3.8, 4) is 0 Å². The quantitative estimate of drug-likeness (QED) is 0.425. The van der Waals surface area contributed by atoms with Gasteiger partial charge in [0.25, 0.3) is 0 Å². The van der Waals surface area contributed by atoms with E-state index < -0.39 is 12.0 Å². The van der Waals surface area contributed by atoms with E-state index in [1.165, 1.54) is 0 Å². The first-order valence-electron chi connectivity index (χ1n) is 10.5. The van der Waals surface area contributed by atoms with Gasteiger partial charge >= 0.3 is 5.97 Å². The molecule has 150 valence electrons. The van der Waals surface area contributed by atoms with Gasteiger partial charge in [0.05, 0.1) is 6.61 Å². The van der Waals surface area contributed by atoms with Crippen molar-refractivity contribution in [1.82, 2.24) is 0 Å². The van der Waals surface area contributed by atoms with Gasteiger partial charge < -0.3 is 14.2 Å². The Hall–Kier alpha value is -0.940. The minimum atomic E-state index is -0.582. The predicted octanol–water partition coefficient (Wildman–Crippen LogP) is 4.27. The minimum Gasteiger partial charge on any atom is -0.459 e. The zero-order valence-electron chi connectivity index (χ0n) is 16.7. The van der Waals surface area contributed by atoms with Crippen molar-refractivity contribution < 1.29 is 23.8 Å². The third-order valence-corrected chi connectivity index (χ3v) is 5.78. The van der Waals surface area contributed by atoms with Crippen LogP contribution in [0.3, 0.4) is 0 Å². The van der Waals surface area contributed by atoms with E-state index in [9.17, 15) is 9.59 Å². The van der Waals surface area contributed by atoms with Crippen molar-refractivity contribution in [2.24, 2.45) is 17.8 Å². The van der Waals surface area contributed by atoms with E-state index in [-0.39, 0.29) is 37.0 Å². The maximum Gasteiger partial charge on any atom is 0.317 e. The fraction of sp³-hybridized carbons (Fsp3) is 0.905. The first-order chi connectivity index (χ1) is 12.5. The summed E-state index contributed by atoms with van der Waals surface area (Å²) in [6.07, 6.45) is 7.59. The summed E-state index contributed by atoms with van der Waals surface area (Å²) in [5.41, 5.74) is 0. The Morgan fingerprint density at radius 2 is 1.96 bits per heavy atom. The molecule has 2 rings (SSSR count). The molecule has 0 N–H and O–H groups in total. The van der Waals surface area contributed by atoms with Gasteiger partial charge in [0.2, 0.25) is 0 Å². The van der Waals surface area contributed by atoms with Gasteiger partial charge in [0, 0.05) is 13.0 Å². The number of ether oxygens (including phenoxy) is 3. The number of esters is 1. The van der Waals surface area contributed by atoms with Gasteiger partial charge in [-0.15, -0.1) is 0 Å². The summed E-state index contributed by atoms with van der Waals surface area (Å²) in [6, 6.07) is 0. The van der Waals surface area contributed by atoms with E-state index in [1.54, 1.807) is 0 Å². The second kappa shape index (κ2) is 11.0. The van der Waals surface area contributed by atoms with Crippen molar-refractivity contribution in [3.63, 3.8) is 0 Å². The fourth-order valence-corrected chi connectivity index (χ4v) is 3.92. The molecular formula is C21H36O5. The molecule has 0 saturated carbocycles. The lowest BCUT2D eigenvalue weighted by Gasteiger charge is -2.33. The minimum absolute atomic E-state index is 0.0296. The largest absolute Gasteiger partial charge is 0.459 e. The van der Waals surface area contributed by atoms with Gasteiger partial charge in [-0.2, -0.15) is 0 Å². The number of cyclic esters (lactones) is 1. The first-order valence-corrected chi connectivity index (χ1v) is 10.5. The molecule has 0 aromatic carbocycles. The van der Waals surface area contributed by atoms with Crippen LogP contribution in [0.25, 0.3) is 0 Å². The Morgan fingerprint density at radius 3 is 2.58 bits per heavy atom. The summed E-state index contributed by atoms with van der Waals surface area (Å²) >= 11 is 0. The van der Waals surface area contributed by atoms with Crippen LogP contribution in [0.2, 0.25) is 0 Å². The van der Waals surface area contributed by atoms with Gasteiger partial charge in [-0.05, 0) is 43.9 Å². The predicted molar refractivity (Wildman–Crippen MR) is 99.6 cm³/mol. The maximum atomic E-state index is 12.7. The molecule has 2 aliphatic rings. The molecule has 2 aliphatic heterocycles. The van der Waals surface area contributed by atoms with Crippen LogP contribution in [0.1, 0.15) is 78.6 Å². The molecule has 2 saturated heterocycles. The zero-order chi connectivity index (χ0) is 18.9. The monoisotopic (exact) mass is 368 g/mol. The van der Waals surface area contributed by atoms with Crippen molar-refractivity contribution in [3.05, 3.63) is 0 Å². The highest BCUT2D eigenvalue weighted by molar-refractivity contribution is 6.01. The molecule has 0 aliphatic carbocycles. The summed E-state index contributed by atoms with van der Waals surface area (Å²) in [6.45, 7) is 7.48. The standard InChI is InChI=1S/C21H36O5/c1-4-8-16(11-10-15(3)5-2)20-18(22)13-17(26-21(20)23)14-25-19-9-6-7-12-24-19/h15-17,19-20H,4-14H2,1-3H3. The van der Waals surface area contributed by atoms with Crippen LogP contribution in [-0.4, -0.2) is 37.4 Å². The normalized spacial score (nSPS) is 29.3. The molecule has 26 heavy (non-hydrogen) atoms. The van der Waals surface area contributed by atoms with Crippen LogP contribution >= 0.6 is 0 Å². The SMILES string of the molecule is CCCC(CCC(C)CC)C1C(=O)CC(COC2CCCCO2)OC1=O. The van der Waals surface area contributed by atoms with E-state index in [1.807, 2.05) is 0 Å². The second-order valence-electron chi connectivity index (χ2n) is 7.98. The zero-order valence-corrected chi connectivity index (χ0v) is 16.7. The third kappa shape index (κ3) is 6.34. The van der Waals surface area contributed by atoms with E-state index >= 15 is 0 Å². The maximum absolute atomic E-state index is 12.7. The number of carbonyl (C=O) groups excluding carboxylic acids is 2. The molecule has 0 aromatic heterocycles. The summed E-state index contributed by atoms with van der Waals surface area (Å²) in [7, 11) is 0. The molecule has 5 unspecified atom stereocenters. The van der Waals surface area contributed by atoms with Crippen LogP contribution in [0.4, 0.5) is 0 Å². The number of ketones is 1. The second-order valence-corrected chi connectivity index (χ2v) is 7.98. The van der Waals surface area contributed by atoms with Crippen LogP contribution in [0.5, 0.6) is 0 Å². The molecule has 5 heteroatoms. The van der Waals surface area contributed by atoms with Crippen LogP contribution in [0, 0.1) is 17.8 Å². The third-order valence-electron chi connectivity index (χ3n) is 5.78. The molecule has 2 fully saturated rings. The van der Waals surface area contributed by atoms with Crippen LogP contribution in [-0.2, 0) is 23.8 Å². The number of hydrogen-bond acceptors (Lipinski definition) is 5. The summed E-state index contributed by atoms with van der Waals surface area (Å²) in [4.78, 5) is 25.3. The van der Waals surface area contributed by atoms with E-state index in [0.717, 1.165) is 51.4 Å². The molecular weight excluding hydrogens is 332 g/mol. The first kappa shape index (κ1) is 21.4. The number of Topliss-reactive ketones (excluding diaryl/α,β-unsaturated/α-hetero) is 1. The van der Waals surface area contributed by atoms with Crippen molar-refractivity contribution in [2.75, 3.05) is 13.2 Å². The Morgan fingerprint density at radius 1 is 1.15 bits per heavy atom. The highest BCUT2D eigenvalue weighted by atomic mass is 16.7. The molecule has 0 amide bonds. The lowest BCUT2D eigenvalue weighted by molar-refractivity contribution is -0.194. The average molecular weight is 369 g/mol. The van der Waals surface area contributed by atoms with Gasteiger partial charge in [-0.3, -0.25) is 9.59 Å². The average Bonchev–Trinajstić information content (AvgIpc) is 2.64. The highest BCUT2D eigenvalue weighted by Crippen LogP contribution is 2.32. The topological polar surface area (TPSA) is 61.8 Å². The highest BCUT2D eigenvalue weighted by Gasteiger charge is 2.41. The van der Waals surface area contributed by atoms with Gasteiger partial charge in [-0.25, -0.2) is 0 Å². The van der Waals surface area contributed by atoms with Crippen LogP contribution < -0.4 is 0 Å². The lowest BCUT2D eigenvalue weighted by Crippen LogP contribution is -2.44. The van der Waals surface area contributed by atoms with E-state index in [2.05, 4.69) is 20.8 Å². The Labute approximate surface area is 158 Å². The number of hydrogen-bond donors (Lipinski definition) is 0. The Bertz CT molecular complexity index is 426. The summed E-state index contributed by atoms with van der Waals surface area (Å²) in [5.74, 6) is -0.163. The molecule has 0 bridgehead atoms. The van der Waals surface area contributed by atoms with E-state index in [0.29, 0.717) is 12.5 Å². The van der Waals surface area contributed by atoms with Gasteiger partial charge in [0.15, 0.2) is 12.1 Å². The summed E-state index contributed by atoms with van der Waals surface area (Å²) in [5, 5.41) is 0. The lowest BCUT2D eigenvalue weighted by atomic mass is 9.78. The van der Waals surface area contributed by atoms with Crippen molar-refractivity contribution in [2.45, 2.75) is 91.0 Å². The fourth-order valence-electron chi connectivity index (χ4n) is 3.92. The molecule has 0 spiro atoms. The smallest absolute Gasteiger partial charge is 0.317 e. The summed E-state index contributed by atoms with van der Waals surface area (Å²) < 4.78 is 16.8.